The Kier molecular flexibility index (Phi) is 6.54. The number of benzene rings is 2. The first kappa shape index (κ1) is 24.2. The number of amides is 1. The van der Waals surface area contributed by atoms with Crippen LogP contribution in [0.1, 0.15) is 36.8 Å². The predicted molar refractivity (Wildman–Crippen MR) is 139 cm³/mol. The number of aliphatic hydroxyl groups is 1. The van der Waals surface area contributed by atoms with E-state index in [1.807, 2.05) is 58.9 Å². The van der Waals surface area contributed by atoms with Crippen LogP contribution in [0.4, 0.5) is 5.82 Å². The Labute approximate surface area is 218 Å². The first-order valence-electron chi connectivity index (χ1n) is 12.6. The van der Waals surface area contributed by atoms with Crippen molar-refractivity contribution >= 4 is 22.7 Å². The van der Waals surface area contributed by atoms with Gasteiger partial charge in [-0.1, -0.05) is 30.3 Å². The van der Waals surface area contributed by atoms with Crippen LogP contribution in [0, 0.1) is 0 Å². The quantitative estimate of drug-likeness (QED) is 0.493. The van der Waals surface area contributed by atoms with E-state index in [9.17, 15) is 14.1 Å². The molecule has 2 fully saturated rings. The molecule has 0 radical (unpaired) electrons. The molecule has 2 aromatic carbocycles. The number of aromatic nitrogens is 1. The molecule has 8 nitrogen and oxygen atoms in total. The molecule has 6 rings (SSSR count). The van der Waals surface area contributed by atoms with E-state index in [1.165, 1.54) is 0 Å². The van der Waals surface area contributed by atoms with Crippen molar-refractivity contribution in [2.45, 2.75) is 48.6 Å². The van der Waals surface area contributed by atoms with Gasteiger partial charge in [0.15, 0.2) is 6.79 Å². The minimum absolute atomic E-state index is 0.0166. The first-order chi connectivity index (χ1) is 18.1. The monoisotopic (exact) mass is 519 g/mol. The average Bonchev–Trinajstić information content (AvgIpc) is 3.63. The van der Waals surface area contributed by atoms with Gasteiger partial charge in [0, 0.05) is 23.7 Å². The number of anilines is 1. The SMILES string of the molecule is O=C(Nc1cccc(-c2ccc(S(=O)N3CCC[C@@H]3CO)cc2)n1)C1(c2ccc3c(c2)OCOC3)CC1. The second-order valence-electron chi connectivity index (χ2n) is 9.77. The summed E-state index contributed by atoms with van der Waals surface area (Å²) in [5.41, 5.74) is 2.96. The van der Waals surface area contributed by atoms with Crippen LogP contribution in [0.25, 0.3) is 11.3 Å². The van der Waals surface area contributed by atoms with Gasteiger partial charge in [0.05, 0.1) is 29.2 Å². The molecular weight excluding hydrogens is 490 g/mol. The number of hydrogen-bond acceptors (Lipinski definition) is 6. The van der Waals surface area contributed by atoms with Crippen LogP contribution in [-0.2, 0) is 32.5 Å². The molecule has 1 aliphatic carbocycles. The van der Waals surface area contributed by atoms with Crippen molar-refractivity contribution in [3.8, 4) is 17.0 Å². The molecule has 1 saturated carbocycles. The third kappa shape index (κ3) is 4.68. The van der Waals surface area contributed by atoms with Gasteiger partial charge in [0.2, 0.25) is 5.91 Å². The van der Waals surface area contributed by atoms with Gasteiger partial charge in [-0.2, -0.15) is 0 Å². The Morgan fingerprint density at radius 3 is 2.78 bits per heavy atom. The zero-order valence-corrected chi connectivity index (χ0v) is 21.2. The number of ether oxygens (including phenoxy) is 2. The number of nitrogens with one attached hydrogen (secondary N) is 1. The summed E-state index contributed by atoms with van der Waals surface area (Å²) in [5.74, 6) is 1.20. The van der Waals surface area contributed by atoms with Crippen molar-refractivity contribution in [3.05, 3.63) is 71.8 Å². The van der Waals surface area contributed by atoms with Crippen molar-refractivity contribution in [1.29, 1.82) is 0 Å². The summed E-state index contributed by atoms with van der Waals surface area (Å²) in [7, 11) is -1.31. The van der Waals surface area contributed by atoms with Gasteiger partial charge in [-0.15, -0.1) is 0 Å². The number of rotatable bonds is 7. The highest BCUT2D eigenvalue weighted by Gasteiger charge is 2.51. The lowest BCUT2D eigenvalue weighted by atomic mass is 9.93. The number of hydrogen-bond donors (Lipinski definition) is 2. The predicted octanol–water partition coefficient (Wildman–Crippen LogP) is 3.76. The maximum absolute atomic E-state index is 13.3. The van der Waals surface area contributed by atoms with E-state index >= 15 is 0 Å². The Hall–Kier alpha value is -3.11. The Bertz CT molecular complexity index is 1340. The van der Waals surface area contributed by atoms with Crippen molar-refractivity contribution < 1.29 is 23.6 Å². The zero-order valence-electron chi connectivity index (χ0n) is 20.4. The van der Waals surface area contributed by atoms with Crippen LogP contribution in [0.2, 0.25) is 0 Å². The van der Waals surface area contributed by atoms with E-state index in [0.717, 1.165) is 60.4 Å². The van der Waals surface area contributed by atoms with E-state index in [2.05, 4.69) is 10.3 Å². The van der Waals surface area contributed by atoms with E-state index in [1.54, 1.807) is 6.07 Å². The first-order valence-corrected chi connectivity index (χ1v) is 13.7. The lowest BCUT2D eigenvalue weighted by molar-refractivity contribution is -0.118. The minimum Gasteiger partial charge on any atom is -0.467 e. The largest absolute Gasteiger partial charge is 0.467 e. The van der Waals surface area contributed by atoms with Crippen LogP contribution in [0.15, 0.2) is 65.6 Å². The highest BCUT2D eigenvalue weighted by Crippen LogP contribution is 2.50. The third-order valence-electron chi connectivity index (χ3n) is 7.45. The molecule has 9 heteroatoms. The van der Waals surface area contributed by atoms with Crippen LogP contribution >= 0.6 is 0 Å². The lowest BCUT2D eigenvalue weighted by Gasteiger charge is -2.21. The molecule has 0 spiro atoms. The molecule has 192 valence electrons. The summed E-state index contributed by atoms with van der Waals surface area (Å²) in [6.07, 6.45) is 3.36. The normalized spacial score (nSPS) is 21.1. The molecule has 37 heavy (non-hydrogen) atoms. The number of nitrogens with zero attached hydrogens (tertiary/aromatic N) is 2. The molecule has 3 aliphatic rings. The van der Waals surface area contributed by atoms with Crippen LogP contribution in [0.5, 0.6) is 5.75 Å². The fourth-order valence-corrected chi connectivity index (χ4v) is 6.50. The van der Waals surface area contributed by atoms with Gasteiger partial charge >= 0.3 is 0 Å². The minimum atomic E-state index is -1.31. The molecule has 1 saturated heterocycles. The zero-order chi connectivity index (χ0) is 25.4. The van der Waals surface area contributed by atoms with Crippen molar-refractivity contribution in [2.75, 3.05) is 25.3 Å². The van der Waals surface area contributed by atoms with Gasteiger partial charge in [0.1, 0.15) is 22.6 Å². The average molecular weight is 520 g/mol. The van der Waals surface area contributed by atoms with Crippen LogP contribution in [0.3, 0.4) is 0 Å². The molecule has 2 N–H and O–H groups in total. The fraction of sp³-hybridized carbons (Fsp3) is 0.357. The number of carbonyl (C=O) groups is 1. The van der Waals surface area contributed by atoms with Crippen molar-refractivity contribution in [3.63, 3.8) is 0 Å². The lowest BCUT2D eigenvalue weighted by Crippen LogP contribution is -2.33. The molecule has 2 atom stereocenters. The Morgan fingerprint density at radius 1 is 1.16 bits per heavy atom. The summed E-state index contributed by atoms with van der Waals surface area (Å²) in [6.45, 7) is 1.48. The van der Waals surface area contributed by atoms with Crippen molar-refractivity contribution in [2.24, 2.45) is 0 Å². The summed E-state index contributed by atoms with van der Waals surface area (Å²) >= 11 is 0. The molecule has 1 amide bonds. The Balaban J connectivity index is 1.17. The van der Waals surface area contributed by atoms with Gasteiger partial charge in [0.25, 0.3) is 0 Å². The fourth-order valence-electron chi connectivity index (χ4n) is 5.12. The molecular formula is C28H29N3O5S. The third-order valence-corrected chi connectivity index (χ3v) is 9.03. The summed E-state index contributed by atoms with van der Waals surface area (Å²) in [6, 6.07) is 18.9. The number of aliphatic hydroxyl groups excluding tert-OH is 1. The van der Waals surface area contributed by atoms with Crippen molar-refractivity contribution in [1.82, 2.24) is 9.29 Å². The molecule has 1 unspecified atom stereocenters. The number of pyridine rings is 1. The molecule has 3 aromatic rings. The highest BCUT2D eigenvalue weighted by atomic mass is 32.2. The molecule has 2 aliphatic heterocycles. The van der Waals surface area contributed by atoms with Crippen LogP contribution < -0.4 is 10.1 Å². The maximum atomic E-state index is 13.3. The Morgan fingerprint density at radius 2 is 2.00 bits per heavy atom. The van der Waals surface area contributed by atoms with E-state index < -0.39 is 16.4 Å². The smallest absolute Gasteiger partial charge is 0.236 e. The van der Waals surface area contributed by atoms with Gasteiger partial charge in [-0.05, 0) is 61.6 Å². The molecule has 0 bridgehead atoms. The second kappa shape index (κ2) is 9.98. The molecule has 1 aromatic heterocycles. The molecule has 3 heterocycles. The van der Waals surface area contributed by atoms with E-state index in [4.69, 9.17) is 9.47 Å². The number of fused-ring (bicyclic) bond motifs is 1. The summed E-state index contributed by atoms with van der Waals surface area (Å²) in [5, 5.41) is 12.6. The standard InChI is InChI=1S/C28H29N3O5S/c32-16-22-3-2-14-31(22)37(34)23-10-7-19(8-11-23)24-4-1-5-26(29-24)30-27(33)28(12-13-28)21-9-6-20-17-35-18-36-25(20)15-21/h1,4-11,15,22,32H,2-3,12-14,16-18H2,(H,29,30,33)/t22-,37?/m1/s1. The highest BCUT2D eigenvalue weighted by molar-refractivity contribution is 7.82. The van der Waals surface area contributed by atoms with E-state index in [-0.39, 0.29) is 25.3 Å². The topological polar surface area (TPSA) is 101 Å². The van der Waals surface area contributed by atoms with Gasteiger partial charge < -0.3 is 19.9 Å². The number of carbonyl (C=O) groups excluding carboxylic acids is 1. The van der Waals surface area contributed by atoms with E-state index in [0.29, 0.717) is 17.3 Å². The summed E-state index contributed by atoms with van der Waals surface area (Å²) in [4.78, 5) is 18.7. The van der Waals surface area contributed by atoms with Gasteiger partial charge in [-0.3, -0.25) is 4.79 Å². The van der Waals surface area contributed by atoms with Gasteiger partial charge in [-0.25, -0.2) is 13.5 Å². The van der Waals surface area contributed by atoms with Crippen LogP contribution in [-0.4, -0.2) is 50.5 Å². The summed E-state index contributed by atoms with van der Waals surface area (Å²) < 4.78 is 25.8. The second-order valence-corrected chi connectivity index (χ2v) is 11.2. The maximum Gasteiger partial charge on any atom is 0.236 e.